The third-order valence-corrected chi connectivity index (χ3v) is 7.06. The van der Waals surface area contributed by atoms with E-state index in [4.69, 9.17) is 0 Å². The standard InChI is InChI=1S/C15H15NO4S2/c1-10-14-11(7-9-21-14)6-8-16(10)22(19,20)13-5-3-2-4-12(13)15(17)18/h2-5,7,9-10H,6,8H2,1H3,(H,17,18). The van der Waals surface area contributed by atoms with Gasteiger partial charge in [-0.1, -0.05) is 12.1 Å². The lowest BCUT2D eigenvalue weighted by Gasteiger charge is -2.32. The monoisotopic (exact) mass is 337 g/mol. The Morgan fingerprint density at radius 1 is 1.32 bits per heavy atom. The zero-order valence-corrected chi connectivity index (χ0v) is 13.5. The van der Waals surface area contributed by atoms with Crippen molar-refractivity contribution in [3.05, 3.63) is 51.7 Å². The van der Waals surface area contributed by atoms with Crippen molar-refractivity contribution in [1.29, 1.82) is 0 Å². The molecule has 1 unspecified atom stereocenters. The summed E-state index contributed by atoms with van der Waals surface area (Å²) in [5.74, 6) is -1.24. The zero-order valence-electron chi connectivity index (χ0n) is 11.9. The van der Waals surface area contributed by atoms with Gasteiger partial charge < -0.3 is 5.11 Å². The summed E-state index contributed by atoms with van der Waals surface area (Å²) in [6, 6.07) is 7.49. The van der Waals surface area contributed by atoms with E-state index in [1.165, 1.54) is 39.4 Å². The molecule has 0 aliphatic carbocycles. The molecule has 1 aliphatic heterocycles. The quantitative estimate of drug-likeness (QED) is 0.934. The summed E-state index contributed by atoms with van der Waals surface area (Å²) in [5.41, 5.74) is 0.988. The topological polar surface area (TPSA) is 74.7 Å². The Hall–Kier alpha value is -1.70. The number of benzene rings is 1. The van der Waals surface area contributed by atoms with Gasteiger partial charge in [-0.15, -0.1) is 11.3 Å². The highest BCUT2D eigenvalue weighted by Crippen LogP contribution is 2.37. The van der Waals surface area contributed by atoms with Gasteiger partial charge in [-0.05, 0) is 42.5 Å². The summed E-state index contributed by atoms with van der Waals surface area (Å²) in [7, 11) is -3.85. The van der Waals surface area contributed by atoms with Gasteiger partial charge >= 0.3 is 5.97 Å². The SMILES string of the molecule is CC1c2sccc2CCN1S(=O)(=O)c1ccccc1C(=O)O. The first-order chi connectivity index (χ1) is 10.4. The van der Waals surface area contributed by atoms with Crippen LogP contribution < -0.4 is 0 Å². The molecule has 2 heterocycles. The summed E-state index contributed by atoms with van der Waals surface area (Å²) < 4.78 is 27.2. The Morgan fingerprint density at radius 2 is 2.05 bits per heavy atom. The first kappa shape index (κ1) is 15.2. The fourth-order valence-corrected chi connectivity index (χ4v) is 5.68. The van der Waals surface area contributed by atoms with E-state index < -0.39 is 16.0 Å². The van der Waals surface area contributed by atoms with Crippen molar-refractivity contribution in [1.82, 2.24) is 4.31 Å². The van der Waals surface area contributed by atoms with Gasteiger partial charge in [0.1, 0.15) is 0 Å². The normalized spacial score (nSPS) is 18.9. The second-order valence-corrected chi connectivity index (χ2v) is 7.96. The third kappa shape index (κ3) is 2.35. The summed E-state index contributed by atoms with van der Waals surface area (Å²) in [4.78, 5) is 12.2. The van der Waals surface area contributed by atoms with Crippen LogP contribution in [0, 0.1) is 0 Å². The molecule has 0 saturated carbocycles. The van der Waals surface area contributed by atoms with Crippen LogP contribution in [0.4, 0.5) is 0 Å². The molecule has 0 bridgehead atoms. The lowest BCUT2D eigenvalue weighted by atomic mass is 10.1. The number of fused-ring (bicyclic) bond motifs is 1. The first-order valence-electron chi connectivity index (χ1n) is 6.83. The summed E-state index contributed by atoms with van der Waals surface area (Å²) in [6.45, 7) is 2.20. The van der Waals surface area contributed by atoms with Crippen LogP contribution in [0.15, 0.2) is 40.6 Å². The van der Waals surface area contributed by atoms with Gasteiger partial charge in [-0.2, -0.15) is 4.31 Å². The summed E-state index contributed by atoms with van der Waals surface area (Å²) in [6.07, 6.45) is 0.650. The molecule has 0 spiro atoms. The molecular formula is C15H15NO4S2. The predicted octanol–water partition coefficient (Wildman–Crippen LogP) is 2.75. The number of rotatable bonds is 3. The highest BCUT2D eigenvalue weighted by Gasteiger charge is 2.36. The second kappa shape index (κ2) is 5.49. The Labute approximate surface area is 132 Å². The molecule has 3 rings (SSSR count). The molecule has 1 aromatic carbocycles. The van der Waals surface area contributed by atoms with Gasteiger partial charge in [0.25, 0.3) is 0 Å². The van der Waals surface area contributed by atoms with E-state index in [0.29, 0.717) is 13.0 Å². The van der Waals surface area contributed by atoms with Crippen molar-refractivity contribution in [3.63, 3.8) is 0 Å². The molecule has 22 heavy (non-hydrogen) atoms. The zero-order chi connectivity index (χ0) is 15.9. The second-order valence-electron chi connectivity index (χ2n) is 5.15. The lowest BCUT2D eigenvalue weighted by Crippen LogP contribution is -2.38. The molecule has 0 amide bonds. The number of aromatic carboxylic acids is 1. The molecule has 1 aliphatic rings. The maximum Gasteiger partial charge on any atom is 0.337 e. The molecule has 1 N–H and O–H groups in total. The van der Waals surface area contributed by atoms with E-state index >= 15 is 0 Å². The Bertz CT molecular complexity index is 826. The molecule has 1 aromatic heterocycles. The van der Waals surface area contributed by atoms with E-state index in [1.54, 1.807) is 6.07 Å². The average molecular weight is 337 g/mol. The predicted molar refractivity (Wildman–Crippen MR) is 83.7 cm³/mol. The van der Waals surface area contributed by atoms with Gasteiger partial charge in [-0.25, -0.2) is 13.2 Å². The molecule has 0 radical (unpaired) electrons. The summed E-state index contributed by atoms with van der Waals surface area (Å²) >= 11 is 1.54. The maximum absolute atomic E-state index is 12.9. The summed E-state index contributed by atoms with van der Waals surface area (Å²) in [5, 5.41) is 11.2. The van der Waals surface area contributed by atoms with Crippen molar-refractivity contribution >= 4 is 27.3 Å². The number of thiophene rings is 1. The van der Waals surface area contributed by atoms with Gasteiger partial charge in [0.2, 0.25) is 10.0 Å². The van der Waals surface area contributed by atoms with Gasteiger partial charge in [0.05, 0.1) is 16.5 Å². The Kier molecular flexibility index (Phi) is 3.80. The van der Waals surface area contributed by atoms with E-state index in [-0.39, 0.29) is 16.5 Å². The number of hydrogen-bond donors (Lipinski definition) is 1. The Balaban J connectivity index is 2.07. The van der Waals surface area contributed by atoms with E-state index in [9.17, 15) is 18.3 Å². The van der Waals surface area contributed by atoms with Crippen LogP contribution in [-0.2, 0) is 16.4 Å². The van der Waals surface area contributed by atoms with Crippen LogP contribution in [0.2, 0.25) is 0 Å². The van der Waals surface area contributed by atoms with Crippen molar-refractivity contribution < 1.29 is 18.3 Å². The first-order valence-corrected chi connectivity index (χ1v) is 9.15. The minimum absolute atomic E-state index is 0.144. The maximum atomic E-state index is 12.9. The Morgan fingerprint density at radius 3 is 2.77 bits per heavy atom. The van der Waals surface area contributed by atoms with Crippen molar-refractivity contribution in [3.8, 4) is 0 Å². The van der Waals surface area contributed by atoms with Crippen molar-refractivity contribution in [2.24, 2.45) is 0 Å². The fraction of sp³-hybridized carbons (Fsp3) is 0.267. The van der Waals surface area contributed by atoms with Crippen LogP contribution in [0.25, 0.3) is 0 Å². The largest absolute Gasteiger partial charge is 0.478 e. The van der Waals surface area contributed by atoms with Crippen LogP contribution in [-0.4, -0.2) is 30.3 Å². The number of nitrogens with zero attached hydrogens (tertiary/aromatic N) is 1. The molecular weight excluding hydrogens is 322 g/mol. The molecule has 2 aromatic rings. The molecule has 0 fully saturated rings. The highest BCUT2D eigenvalue weighted by atomic mass is 32.2. The molecule has 0 saturated heterocycles. The molecule has 1 atom stereocenters. The number of carboxylic acid groups (broad SMARTS) is 1. The van der Waals surface area contributed by atoms with Crippen molar-refractivity contribution in [2.75, 3.05) is 6.54 Å². The van der Waals surface area contributed by atoms with Crippen molar-refractivity contribution in [2.45, 2.75) is 24.3 Å². The minimum Gasteiger partial charge on any atom is -0.478 e. The smallest absolute Gasteiger partial charge is 0.337 e. The van der Waals surface area contributed by atoms with E-state index in [0.717, 1.165) is 4.88 Å². The molecule has 7 heteroatoms. The number of hydrogen-bond acceptors (Lipinski definition) is 4. The fourth-order valence-electron chi connectivity index (χ4n) is 2.80. The lowest BCUT2D eigenvalue weighted by molar-refractivity contribution is 0.0692. The highest BCUT2D eigenvalue weighted by molar-refractivity contribution is 7.89. The van der Waals surface area contributed by atoms with E-state index in [1.807, 2.05) is 18.4 Å². The van der Waals surface area contributed by atoms with Crippen LogP contribution in [0.3, 0.4) is 0 Å². The number of sulfonamides is 1. The van der Waals surface area contributed by atoms with Gasteiger partial charge in [0, 0.05) is 11.4 Å². The van der Waals surface area contributed by atoms with E-state index in [2.05, 4.69) is 0 Å². The number of carbonyl (C=O) groups is 1. The van der Waals surface area contributed by atoms with Crippen LogP contribution in [0.5, 0.6) is 0 Å². The minimum atomic E-state index is -3.85. The van der Waals surface area contributed by atoms with Gasteiger partial charge in [-0.3, -0.25) is 0 Å². The molecule has 116 valence electrons. The van der Waals surface area contributed by atoms with Crippen LogP contribution >= 0.6 is 11.3 Å². The van der Waals surface area contributed by atoms with Crippen LogP contribution in [0.1, 0.15) is 33.8 Å². The van der Waals surface area contributed by atoms with Gasteiger partial charge in [0.15, 0.2) is 0 Å². The average Bonchev–Trinajstić information content (AvgIpc) is 2.96. The third-order valence-electron chi connectivity index (χ3n) is 3.90. The number of carboxylic acids is 1. The molecule has 5 nitrogen and oxygen atoms in total.